The molecule has 1 aromatic heterocycles. The third-order valence-electron chi connectivity index (χ3n) is 6.01. The highest BCUT2D eigenvalue weighted by atomic mass is 16.5. The summed E-state index contributed by atoms with van der Waals surface area (Å²) in [6, 6.07) is 10.5. The lowest BCUT2D eigenvalue weighted by Gasteiger charge is -2.37. The van der Waals surface area contributed by atoms with Crippen molar-refractivity contribution in [2.75, 3.05) is 38.2 Å². The maximum absolute atomic E-state index is 5.54. The lowest BCUT2D eigenvalue weighted by atomic mass is 10.1. The van der Waals surface area contributed by atoms with E-state index >= 15 is 0 Å². The maximum Gasteiger partial charge on any atom is 0.225 e. The van der Waals surface area contributed by atoms with E-state index in [1.165, 1.54) is 5.56 Å². The van der Waals surface area contributed by atoms with Crippen molar-refractivity contribution in [3.05, 3.63) is 102 Å². The molecule has 1 fully saturated rings. The van der Waals surface area contributed by atoms with Gasteiger partial charge in [0, 0.05) is 50.3 Å². The topological polar surface area (TPSA) is 53.9 Å². The minimum Gasteiger partial charge on any atom is -0.496 e. The van der Waals surface area contributed by atoms with Crippen LogP contribution in [-0.4, -0.2) is 54.0 Å². The van der Waals surface area contributed by atoms with Crippen LogP contribution in [0.2, 0.25) is 0 Å². The van der Waals surface area contributed by atoms with Gasteiger partial charge < -0.3 is 14.5 Å². The molecule has 0 unspecified atom stereocenters. The molecule has 0 amide bonds. The van der Waals surface area contributed by atoms with E-state index < -0.39 is 0 Å². The molecule has 0 saturated carbocycles. The van der Waals surface area contributed by atoms with E-state index in [0.717, 1.165) is 78.8 Å². The molecule has 0 aliphatic carbocycles. The summed E-state index contributed by atoms with van der Waals surface area (Å²) < 4.78 is 5.54. The van der Waals surface area contributed by atoms with E-state index in [4.69, 9.17) is 4.74 Å². The molecule has 184 valence electrons. The van der Waals surface area contributed by atoms with E-state index in [0.29, 0.717) is 0 Å². The van der Waals surface area contributed by atoms with Crippen molar-refractivity contribution in [2.24, 2.45) is 4.99 Å². The molecule has 2 heterocycles. The van der Waals surface area contributed by atoms with Crippen LogP contribution in [0.25, 0.3) is 0 Å². The van der Waals surface area contributed by atoms with Crippen molar-refractivity contribution in [1.29, 1.82) is 0 Å². The van der Waals surface area contributed by atoms with Crippen molar-refractivity contribution in [3.8, 4) is 0 Å². The van der Waals surface area contributed by atoms with Crippen LogP contribution in [0.4, 0.5) is 5.95 Å². The summed E-state index contributed by atoms with van der Waals surface area (Å²) in [6.45, 7) is 17.2. The molecule has 6 heteroatoms. The fraction of sp³-hybridized carbons (Fsp3) is 0.345. The largest absolute Gasteiger partial charge is 0.496 e. The first-order valence-corrected chi connectivity index (χ1v) is 12.1. The number of hydrogen-bond donors (Lipinski definition) is 0. The minimum absolute atomic E-state index is 0.748. The maximum atomic E-state index is 5.54. The Balaban J connectivity index is 1.66. The summed E-state index contributed by atoms with van der Waals surface area (Å²) in [4.78, 5) is 18.5. The van der Waals surface area contributed by atoms with Gasteiger partial charge in [0.25, 0.3) is 0 Å². The van der Waals surface area contributed by atoms with E-state index in [9.17, 15) is 0 Å². The Kier molecular flexibility index (Phi) is 9.41. The van der Waals surface area contributed by atoms with Crippen LogP contribution < -0.4 is 4.90 Å². The predicted molar refractivity (Wildman–Crippen MR) is 146 cm³/mol. The smallest absolute Gasteiger partial charge is 0.225 e. The molecule has 0 atom stereocenters. The number of piperazine rings is 1. The SMILES string of the molecule is C=CN=C(C(/C=C(/OC)C(=C)C)=C(C)C)N1CCN(c2ncc(CCc3ccccc3)cn2)CC1. The summed E-state index contributed by atoms with van der Waals surface area (Å²) in [5.41, 5.74) is 5.54. The number of amidine groups is 1. The summed E-state index contributed by atoms with van der Waals surface area (Å²) in [6.07, 6.45) is 9.46. The Bertz CT molecular complexity index is 1090. The van der Waals surface area contributed by atoms with Gasteiger partial charge in [-0.3, -0.25) is 0 Å². The van der Waals surface area contributed by atoms with Gasteiger partial charge in [0.2, 0.25) is 5.95 Å². The molecule has 1 saturated heterocycles. The quantitative estimate of drug-likeness (QED) is 0.213. The van der Waals surface area contributed by atoms with Crippen LogP contribution in [0.3, 0.4) is 0 Å². The number of rotatable bonds is 9. The van der Waals surface area contributed by atoms with Crippen molar-refractivity contribution in [1.82, 2.24) is 14.9 Å². The predicted octanol–water partition coefficient (Wildman–Crippen LogP) is 5.37. The fourth-order valence-electron chi connectivity index (χ4n) is 4.02. The van der Waals surface area contributed by atoms with Gasteiger partial charge >= 0.3 is 0 Å². The Labute approximate surface area is 210 Å². The van der Waals surface area contributed by atoms with Gasteiger partial charge in [-0.1, -0.05) is 49.1 Å². The van der Waals surface area contributed by atoms with Gasteiger partial charge in [0.15, 0.2) is 0 Å². The molecule has 3 rings (SSSR count). The zero-order valence-corrected chi connectivity index (χ0v) is 21.5. The highest BCUT2D eigenvalue weighted by Gasteiger charge is 2.23. The van der Waals surface area contributed by atoms with Crippen molar-refractivity contribution in [2.45, 2.75) is 33.6 Å². The van der Waals surface area contributed by atoms with Gasteiger partial charge in [-0.25, -0.2) is 15.0 Å². The number of aryl methyl sites for hydroxylation is 2. The number of hydrogen-bond acceptors (Lipinski definition) is 5. The number of aliphatic imine (C=N–C) groups is 1. The lowest BCUT2D eigenvalue weighted by Crippen LogP contribution is -2.49. The number of ether oxygens (including phenoxy) is 1. The van der Waals surface area contributed by atoms with E-state index in [1.807, 2.05) is 31.5 Å². The zero-order valence-electron chi connectivity index (χ0n) is 21.5. The fourth-order valence-corrected chi connectivity index (χ4v) is 4.02. The average molecular weight is 472 g/mol. The van der Waals surface area contributed by atoms with Crippen LogP contribution in [0.1, 0.15) is 31.9 Å². The normalized spacial score (nSPS) is 14.5. The zero-order chi connectivity index (χ0) is 25.2. The highest BCUT2D eigenvalue weighted by Crippen LogP contribution is 2.20. The van der Waals surface area contributed by atoms with E-state index in [2.05, 4.69) is 76.0 Å². The van der Waals surface area contributed by atoms with Crippen molar-refractivity contribution >= 4 is 11.8 Å². The van der Waals surface area contributed by atoms with Crippen LogP contribution in [0.5, 0.6) is 0 Å². The van der Waals surface area contributed by atoms with Gasteiger partial charge in [0.05, 0.1) is 7.11 Å². The monoisotopic (exact) mass is 471 g/mol. The van der Waals surface area contributed by atoms with Crippen LogP contribution in [-0.2, 0) is 17.6 Å². The van der Waals surface area contributed by atoms with Gasteiger partial charge in [-0.2, -0.15) is 0 Å². The second-order valence-corrected chi connectivity index (χ2v) is 8.89. The van der Waals surface area contributed by atoms with E-state index in [-0.39, 0.29) is 0 Å². The summed E-state index contributed by atoms with van der Waals surface area (Å²) >= 11 is 0. The molecular weight excluding hydrogens is 434 g/mol. The molecule has 1 aliphatic heterocycles. The lowest BCUT2D eigenvalue weighted by molar-refractivity contribution is 0.301. The third kappa shape index (κ3) is 7.15. The van der Waals surface area contributed by atoms with E-state index in [1.54, 1.807) is 13.3 Å². The van der Waals surface area contributed by atoms with Crippen LogP contribution in [0, 0.1) is 0 Å². The Morgan fingerprint density at radius 3 is 2.17 bits per heavy atom. The number of anilines is 1. The standard InChI is InChI=1S/C29H37N5O/c1-7-30-28(26(22(2)3)19-27(35-6)23(4)5)33-15-17-34(18-16-33)29-31-20-25(21-32-29)14-13-24-11-9-8-10-12-24/h7-12,19-21H,1,4,13-18H2,2-3,5-6H3/b27-19+,30-28?. The summed E-state index contributed by atoms with van der Waals surface area (Å²) in [5, 5.41) is 0. The Morgan fingerprint density at radius 1 is 1.00 bits per heavy atom. The molecule has 1 aromatic carbocycles. The number of nitrogens with zero attached hydrogens (tertiary/aromatic N) is 5. The van der Waals surface area contributed by atoms with Gasteiger partial charge in [-0.05, 0) is 56.4 Å². The average Bonchev–Trinajstić information content (AvgIpc) is 2.88. The number of allylic oxidation sites excluding steroid dienone is 2. The highest BCUT2D eigenvalue weighted by molar-refractivity contribution is 6.02. The molecule has 0 spiro atoms. The molecule has 6 nitrogen and oxygen atoms in total. The first-order valence-electron chi connectivity index (χ1n) is 12.1. The molecule has 35 heavy (non-hydrogen) atoms. The minimum atomic E-state index is 0.748. The van der Waals surface area contributed by atoms with Crippen LogP contribution in [0.15, 0.2) is 95.6 Å². The second-order valence-electron chi connectivity index (χ2n) is 8.89. The molecule has 0 N–H and O–H groups in total. The molecule has 2 aromatic rings. The molecule has 0 bridgehead atoms. The summed E-state index contributed by atoms with van der Waals surface area (Å²) in [7, 11) is 1.67. The Hall–Kier alpha value is -3.67. The second kappa shape index (κ2) is 12.7. The molecule has 0 radical (unpaired) electrons. The van der Waals surface area contributed by atoms with Gasteiger partial charge in [-0.15, -0.1) is 0 Å². The Morgan fingerprint density at radius 2 is 1.63 bits per heavy atom. The number of methoxy groups -OCH3 is 1. The third-order valence-corrected chi connectivity index (χ3v) is 6.01. The number of aromatic nitrogens is 2. The first-order chi connectivity index (χ1) is 16.9. The number of benzene rings is 1. The molecule has 1 aliphatic rings. The van der Waals surface area contributed by atoms with Crippen molar-refractivity contribution < 1.29 is 4.74 Å². The van der Waals surface area contributed by atoms with Gasteiger partial charge in [0.1, 0.15) is 11.6 Å². The first kappa shape index (κ1) is 25.9. The van der Waals surface area contributed by atoms with Crippen molar-refractivity contribution in [3.63, 3.8) is 0 Å². The summed E-state index contributed by atoms with van der Waals surface area (Å²) in [5.74, 6) is 2.42. The van der Waals surface area contributed by atoms with Crippen LogP contribution >= 0.6 is 0 Å². The molecular formula is C29H37N5O.